The number of benzene rings is 2. The number of nitrogens with two attached hydrogens (primary N) is 1. The average molecular weight is 289 g/mol. The van der Waals surface area contributed by atoms with Crippen molar-refractivity contribution in [2.24, 2.45) is 0 Å². The van der Waals surface area contributed by atoms with Gasteiger partial charge in [-0.3, -0.25) is 4.79 Å². The third-order valence-electron chi connectivity index (χ3n) is 3.20. The summed E-state index contributed by atoms with van der Waals surface area (Å²) in [6.45, 7) is 4.27. The summed E-state index contributed by atoms with van der Waals surface area (Å²) >= 11 is 5.91. The molecular weight excluding hydrogens is 272 g/mol. The average Bonchev–Trinajstić information content (AvgIpc) is 2.40. The number of aryl methyl sites for hydroxylation is 2. The molecule has 2 aromatic rings. The molecule has 4 heteroatoms. The summed E-state index contributed by atoms with van der Waals surface area (Å²) in [6, 6.07) is 11.1. The number of anilines is 1. The number of carbonyl (C=O) groups is 1. The van der Waals surface area contributed by atoms with Gasteiger partial charge in [0.1, 0.15) is 0 Å². The molecule has 0 aliphatic carbocycles. The van der Waals surface area contributed by atoms with E-state index in [0.29, 0.717) is 22.8 Å². The van der Waals surface area contributed by atoms with Crippen LogP contribution in [-0.4, -0.2) is 5.91 Å². The highest BCUT2D eigenvalue weighted by molar-refractivity contribution is 6.30. The molecule has 0 radical (unpaired) electrons. The fourth-order valence-corrected chi connectivity index (χ4v) is 2.25. The topological polar surface area (TPSA) is 55.1 Å². The van der Waals surface area contributed by atoms with Crippen LogP contribution in [0.25, 0.3) is 0 Å². The Morgan fingerprint density at radius 2 is 1.95 bits per heavy atom. The summed E-state index contributed by atoms with van der Waals surface area (Å²) in [5.74, 6) is -0.130. The van der Waals surface area contributed by atoms with E-state index in [9.17, 15) is 4.79 Å². The van der Waals surface area contributed by atoms with Crippen molar-refractivity contribution in [3.8, 4) is 0 Å². The molecule has 0 aromatic heterocycles. The lowest BCUT2D eigenvalue weighted by molar-refractivity contribution is 0.0950. The van der Waals surface area contributed by atoms with E-state index in [4.69, 9.17) is 17.3 Å². The Morgan fingerprint density at radius 1 is 1.20 bits per heavy atom. The van der Waals surface area contributed by atoms with Gasteiger partial charge < -0.3 is 11.1 Å². The van der Waals surface area contributed by atoms with Crippen LogP contribution in [0.2, 0.25) is 5.02 Å². The van der Waals surface area contributed by atoms with E-state index in [2.05, 4.69) is 5.32 Å². The zero-order valence-electron chi connectivity index (χ0n) is 11.5. The molecule has 0 heterocycles. The first-order valence-electron chi connectivity index (χ1n) is 6.36. The fraction of sp³-hybridized carbons (Fsp3) is 0.188. The summed E-state index contributed by atoms with van der Waals surface area (Å²) in [5, 5.41) is 3.54. The molecular formula is C16H17ClN2O. The molecule has 0 fully saturated rings. The maximum absolute atomic E-state index is 12.2. The minimum Gasteiger partial charge on any atom is -0.398 e. The highest BCUT2D eigenvalue weighted by atomic mass is 35.5. The van der Waals surface area contributed by atoms with E-state index in [1.54, 1.807) is 12.1 Å². The molecule has 3 nitrogen and oxygen atoms in total. The lowest BCUT2D eigenvalue weighted by Crippen LogP contribution is -2.23. The molecule has 2 aromatic carbocycles. The second-order valence-electron chi connectivity index (χ2n) is 4.84. The van der Waals surface area contributed by atoms with Gasteiger partial charge in [0.05, 0.1) is 0 Å². The third kappa shape index (κ3) is 3.31. The summed E-state index contributed by atoms with van der Waals surface area (Å²) in [4.78, 5) is 12.2. The monoisotopic (exact) mass is 288 g/mol. The van der Waals surface area contributed by atoms with Crippen molar-refractivity contribution in [3.05, 3.63) is 63.7 Å². The molecule has 1 amide bonds. The molecule has 0 saturated carbocycles. The zero-order chi connectivity index (χ0) is 14.7. The van der Waals surface area contributed by atoms with E-state index in [1.807, 2.05) is 38.1 Å². The molecule has 2 rings (SSSR count). The molecule has 0 saturated heterocycles. The van der Waals surface area contributed by atoms with Crippen LogP contribution in [-0.2, 0) is 6.54 Å². The number of amides is 1. The lowest BCUT2D eigenvalue weighted by Gasteiger charge is -2.10. The number of nitrogen functional groups attached to an aromatic ring is 1. The standard InChI is InChI=1S/C16H17ClN2O/c1-10-6-11(2)15(18)8-14(10)16(20)19-9-12-4-3-5-13(17)7-12/h3-8H,9,18H2,1-2H3,(H,19,20). The summed E-state index contributed by atoms with van der Waals surface area (Å²) in [7, 11) is 0. The molecule has 0 unspecified atom stereocenters. The Kier molecular flexibility index (Phi) is 4.30. The summed E-state index contributed by atoms with van der Waals surface area (Å²) in [6.07, 6.45) is 0. The Balaban J connectivity index is 2.11. The number of carbonyl (C=O) groups excluding carboxylic acids is 1. The zero-order valence-corrected chi connectivity index (χ0v) is 12.3. The van der Waals surface area contributed by atoms with Crippen molar-refractivity contribution >= 4 is 23.2 Å². The van der Waals surface area contributed by atoms with Gasteiger partial charge in [-0.05, 0) is 48.7 Å². The maximum Gasteiger partial charge on any atom is 0.251 e. The number of halogens is 1. The van der Waals surface area contributed by atoms with Crippen molar-refractivity contribution in [1.29, 1.82) is 0 Å². The number of hydrogen-bond acceptors (Lipinski definition) is 2. The number of rotatable bonds is 3. The lowest BCUT2D eigenvalue weighted by atomic mass is 10.0. The van der Waals surface area contributed by atoms with Gasteiger partial charge in [0, 0.05) is 22.8 Å². The van der Waals surface area contributed by atoms with E-state index >= 15 is 0 Å². The van der Waals surface area contributed by atoms with Crippen molar-refractivity contribution in [3.63, 3.8) is 0 Å². The Bertz CT molecular complexity index is 653. The minimum absolute atomic E-state index is 0.130. The van der Waals surface area contributed by atoms with Gasteiger partial charge in [-0.15, -0.1) is 0 Å². The van der Waals surface area contributed by atoms with Gasteiger partial charge in [-0.25, -0.2) is 0 Å². The van der Waals surface area contributed by atoms with Gasteiger partial charge in [-0.1, -0.05) is 29.8 Å². The van der Waals surface area contributed by atoms with Crippen LogP contribution < -0.4 is 11.1 Å². The first kappa shape index (κ1) is 14.4. The largest absolute Gasteiger partial charge is 0.398 e. The predicted octanol–water partition coefficient (Wildman–Crippen LogP) is 3.47. The van der Waals surface area contributed by atoms with Crippen LogP contribution in [0, 0.1) is 13.8 Å². The van der Waals surface area contributed by atoms with Gasteiger partial charge in [-0.2, -0.15) is 0 Å². The fourth-order valence-electron chi connectivity index (χ4n) is 2.04. The molecule has 0 atom stereocenters. The van der Waals surface area contributed by atoms with Crippen LogP contribution in [0.4, 0.5) is 5.69 Å². The molecule has 0 bridgehead atoms. The molecule has 104 valence electrons. The van der Waals surface area contributed by atoms with Gasteiger partial charge in [0.25, 0.3) is 5.91 Å². The Morgan fingerprint density at radius 3 is 2.65 bits per heavy atom. The maximum atomic E-state index is 12.2. The van der Waals surface area contributed by atoms with Gasteiger partial charge in [0.2, 0.25) is 0 Å². The second-order valence-corrected chi connectivity index (χ2v) is 5.27. The van der Waals surface area contributed by atoms with Crippen LogP contribution >= 0.6 is 11.6 Å². The van der Waals surface area contributed by atoms with Crippen LogP contribution in [0.15, 0.2) is 36.4 Å². The molecule has 0 aliphatic heterocycles. The SMILES string of the molecule is Cc1cc(C)c(C(=O)NCc2cccc(Cl)c2)cc1N. The highest BCUT2D eigenvalue weighted by Gasteiger charge is 2.10. The first-order valence-corrected chi connectivity index (χ1v) is 6.74. The predicted molar refractivity (Wildman–Crippen MR) is 83.0 cm³/mol. The Hall–Kier alpha value is -2.00. The van der Waals surface area contributed by atoms with Crippen LogP contribution in [0.5, 0.6) is 0 Å². The van der Waals surface area contributed by atoms with Crippen molar-refractivity contribution in [1.82, 2.24) is 5.32 Å². The van der Waals surface area contributed by atoms with E-state index in [-0.39, 0.29) is 5.91 Å². The molecule has 0 spiro atoms. The normalized spacial score (nSPS) is 10.3. The second kappa shape index (κ2) is 5.97. The molecule has 3 N–H and O–H groups in total. The first-order chi connectivity index (χ1) is 9.47. The van der Waals surface area contributed by atoms with Crippen molar-refractivity contribution in [2.75, 3.05) is 5.73 Å². The molecule has 20 heavy (non-hydrogen) atoms. The van der Waals surface area contributed by atoms with Gasteiger partial charge in [0.15, 0.2) is 0 Å². The van der Waals surface area contributed by atoms with Crippen molar-refractivity contribution < 1.29 is 4.79 Å². The summed E-state index contributed by atoms with van der Waals surface area (Å²) < 4.78 is 0. The van der Waals surface area contributed by atoms with Gasteiger partial charge >= 0.3 is 0 Å². The minimum atomic E-state index is -0.130. The smallest absolute Gasteiger partial charge is 0.251 e. The van der Waals surface area contributed by atoms with E-state index < -0.39 is 0 Å². The highest BCUT2D eigenvalue weighted by Crippen LogP contribution is 2.18. The summed E-state index contributed by atoms with van der Waals surface area (Å²) in [5.41, 5.74) is 9.95. The Labute approximate surface area is 123 Å². The third-order valence-corrected chi connectivity index (χ3v) is 3.43. The van der Waals surface area contributed by atoms with E-state index in [0.717, 1.165) is 16.7 Å². The number of hydrogen-bond donors (Lipinski definition) is 2. The molecule has 0 aliphatic rings. The van der Waals surface area contributed by atoms with Crippen molar-refractivity contribution in [2.45, 2.75) is 20.4 Å². The van der Waals surface area contributed by atoms with Crippen LogP contribution in [0.3, 0.4) is 0 Å². The van der Waals surface area contributed by atoms with Crippen LogP contribution in [0.1, 0.15) is 27.0 Å². The number of nitrogens with one attached hydrogen (secondary N) is 1. The van der Waals surface area contributed by atoms with E-state index in [1.165, 1.54) is 0 Å². The quantitative estimate of drug-likeness (QED) is 0.850.